The van der Waals surface area contributed by atoms with Crippen LogP contribution in [0.4, 0.5) is 0 Å². The first kappa shape index (κ1) is 12.0. The Kier molecular flexibility index (Phi) is 4.39. The molecule has 1 atom stereocenters. The van der Waals surface area contributed by atoms with E-state index in [0.29, 0.717) is 5.92 Å². The Morgan fingerprint density at radius 3 is 2.21 bits per heavy atom. The first-order valence-electron chi connectivity index (χ1n) is 5.86. The van der Waals surface area contributed by atoms with Crippen LogP contribution in [0, 0.1) is 5.92 Å². The van der Waals surface area contributed by atoms with Crippen molar-refractivity contribution < 1.29 is 5.11 Å². The largest absolute Gasteiger partial charge is 0.389 e. The van der Waals surface area contributed by atoms with E-state index in [1.54, 1.807) is 0 Å². The second-order valence-electron chi connectivity index (χ2n) is 5.61. The highest BCUT2D eigenvalue weighted by Crippen LogP contribution is 2.27. The Bertz CT molecular complexity index is 187. The van der Waals surface area contributed by atoms with E-state index < -0.39 is 8.07 Å². The molecule has 0 amide bonds. The van der Waals surface area contributed by atoms with Gasteiger partial charge in [0.05, 0.1) is 14.2 Å². The van der Waals surface area contributed by atoms with Crippen molar-refractivity contribution in [2.24, 2.45) is 5.92 Å². The number of rotatable bonds is 3. The lowest BCUT2D eigenvalue weighted by molar-refractivity contribution is 0.125. The van der Waals surface area contributed by atoms with Gasteiger partial charge in [-0.15, -0.1) is 0 Å². The summed E-state index contributed by atoms with van der Waals surface area (Å²) < 4.78 is 0. The van der Waals surface area contributed by atoms with Crippen molar-refractivity contribution in [3.8, 4) is 0 Å². The van der Waals surface area contributed by atoms with Crippen molar-refractivity contribution in [1.82, 2.24) is 0 Å². The van der Waals surface area contributed by atoms with E-state index in [2.05, 4.69) is 31.4 Å². The van der Waals surface area contributed by atoms with Crippen molar-refractivity contribution in [3.05, 3.63) is 11.8 Å². The van der Waals surface area contributed by atoms with Gasteiger partial charge in [0.2, 0.25) is 0 Å². The van der Waals surface area contributed by atoms with Crippen LogP contribution in [0.15, 0.2) is 11.8 Å². The zero-order valence-electron chi connectivity index (χ0n) is 9.79. The van der Waals surface area contributed by atoms with Crippen LogP contribution in [0.25, 0.3) is 0 Å². The molecule has 0 aromatic heterocycles. The summed E-state index contributed by atoms with van der Waals surface area (Å²) in [6.07, 6.45) is 8.30. The molecule has 0 heterocycles. The third-order valence-corrected chi connectivity index (χ3v) is 4.12. The van der Waals surface area contributed by atoms with Crippen molar-refractivity contribution in [2.45, 2.75) is 57.8 Å². The maximum Gasteiger partial charge on any atom is 0.0745 e. The Morgan fingerprint density at radius 2 is 1.71 bits per heavy atom. The zero-order valence-corrected chi connectivity index (χ0v) is 10.8. The molecular weight excluding hydrogens is 188 g/mol. The predicted molar refractivity (Wildman–Crippen MR) is 65.1 cm³/mol. The van der Waals surface area contributed by atoms with Crippen LogP contribution in [0.1, 0.15) is 32.1 Å². The van der Waals surface area contributed by atoms with Crippen LogP contribution < -0.4 is 0 Å². The molecule has 1 N–H and O–H groups in total. The fourth-order valence-corrected chi connectivity index (χ4v) is 2.79. The molecule has 0 aromatic carbocycles. The molecule has 14 heavy (non-hydrogen) atoms. The van der Waals surface area contributed by atoms with Gasteiger partial charge in [0, 0.05) is 0 Å². The Labute approximate surface area is 89.2 Å². The van der Waals surface area contributed by atoms with Crippen LogP contribution in [0.3, 0.4) is 0 Å². The first-order chi connectivity index (χ1) is 6.49. The van der Waals surface area contributed by atoms with Gasteiger partial charge in [-0.3, -0.25) is 0 Å². The molecule has 1 unspecified atom stereocenters. The molecule has 1 fully saturated rings. The van der Waals surface area contributed by atoms with E-state index in [9.17, 15) is 5.11 Å². The smallest absolute Gasteiger partial charge is 0.0745 e. The predicted octanol–water partition coefficient (Wildman–Crippen LogP) is 3.36. The Hall–Kier alpha value is -0.0831. The molecule has 0 radical (unpaired) electrons. The van der Waals surface area contributed by atoms with Gasteiger partial charge in [-0.1, -0.05) is 50.7 Å². The van der Waals surface area contributed by atoms with Crippen LogP contribution in [-0.4, -0.2) is 19.3 Å². The third kappa shape index (κ3) is 4.42. The fourth-order valence-electron chi connectivity index (χ4n) is 2.02. The first-order valence-corrected chi connectivity index (χ1v) is 9.44. The fraction of sp³-hybridized carbons (Fsp3) is 0.833. The standard InChI is InChI=1S/C12H24OSi/c1-14(2,3)10-9-12(13)11-7-5-4-6-8-11/h9-13H,4-8H2,1-3H3/b10-9+. The minimum absolute atomic E-state index is 0.179. The number of hydrogen-bond acceptors (Lipinski definition) is 1. The van der Waals surface area contributed by atoms with Gasteiger partial charge >= 0.3 is 0 Å². The summed E-state index contributed by atoms with van der Waals surface area (Å²) in [4.78, 5) is 0. The quantitative estimate of drug-likeness (QED) is 0.711. The molecule has 0 aliphatic heterocycles. The molecule has 0 bridgehead atoms. The zero-order chi connectivity index (χ0) is 10.6. The molecule has 1 aliphatic carbocycles. The molecule has 1 saturated carbocycles. The minimum Gasteiger partial charge on any atom is -0.389 e. The lowest BCUT2D eigenvalue weighted by Gasteiger charge is -2.25. The summed E-state index contributed by atoms with van der Waals surface area (Å²) in [6, 6.07) is 0. The summed E-state index contributed by atoms with van der Waals surface area (Å²) in [5.41, 5.74) is 2.27. The van der Waals surface area contributed by atoms with E-state index in [4.69, 9.17) is 0 Å². The molecule has 0 spiro atoms. The molecular formula is C12H24OSi. The van der Waals surface area contributed by atoms with E-state index in [1.807, 2.05) is 0 Å². The van der Waals surface area contributed by atoms with Gasteiger partial charge in [-0.25, -0.2) is 0 Å². The summed E-state index contributed by atoms with van der Waals surface area (Å²) in [7, 11) is -1.12. The molecule has 82 valence electrons. The Balaban J connectivity index is 2.40. The highest BCUT2D eigenvalue weighted by atomic mass is 28.3. The Morgan fingerprint density at radius 1 is 1.14 bits per heavy atom. The van der Waals surface area contributed by atoms with Gasteiger partial charge in [-0.2, -0.15) is 0 Å². The summed E-state index contributed by atoms with van der Waals surface area (Å²) in [6.45, 7) is 6.91. The van der Waals surface area contributed by atoms with Gasteiger partial charge in [-0.05, 0) is 18.8 Å². The average molecular weight is 212 g/mol. The van der Waals surface area contributed by atoms with E-state index in [-0.39, 0.29) is 6.10 Å². The van der Waals surface area contributed by atoms with Crippen molar-refractivity contribution in [1.29, 1.82) is 0 Å². The highest BCUT2D eigenvalue weighted by molar-refractivity contribution is 6.80. The molecule has 1 nitrogen and oxygen atoms in total. The van der Waals surface area contributed by atoms with E-state index in [0.717, 1.165) is 0 Å². The van der Waals surface area contributed by atoms with Gasteiger partial charge in [0.15, 0.2) is 0 Å². The van der Waals surface area contributed by atoms with E-state index >= 15 is 0 Å². The molecule has 1 aliphatic rings. The van der Waals surface area contributed by atoms with Crippen molar-refractivity contribution in [2.75, 3.05) is 0 Å². The summed E-state index contributed by atoms with van der Waals surface area (Å²) in [5.74, 6) is 0.538. The summed E-state index contributed by atoms with van der Waals surface area (Å²) in [5, 5.41) is 9.97. The molecule has 2 heteroatoms. The van der Waals surface area contributed by atoms with Crippen molar-refractivity contribution >= 4 is 8.07 Å². The highest BCUT2D eigenvalue weighted by Gasteiger charge is 2.20. The van der Waals surface area contributed by atoms with E-state index in [1.165, 1.54) is 32.1 Å². The van der Waals surface area contributed by atoms with Crippen LogP contribution in [0.5, 0.6) is 0 Å². The monoisotopic (exact) mass is 212 g/mol. The van der Waals surface area contributed by atoms with Crippen LogP contribution in [-0.2, 0) is 0 Å². The van der Waals surface area contributed by atoms with Crippen LogP contribution in [0.2, 0.25) is 19.6 Å². The topological polar surface area (TPSA) is 20.2 Å². The summed E-state index contributed by atoms with van der Waals surface area (Å²) >= 11 is 0. The van der Waals surface area contributed by atoms with Gasteiger partial charge in [0.1, 0.15) is 0 Å². The maximum atomic E-state index is 9.97. The molecule has 0 saturated heterocycles. The van der Waals surface area contributed by atoms with Gasteiger partial charge < -0.3 is 5.11 Å². The second kappa shape index (κ2) is 5.13. The lowest BCUT2D eigenvalue weighted by atomic mass is 9.85. The second-order valence-corrected chi connectivity index (χ2v) is 10.7. The SMILES string of the molecule is C[Si](C)(C)/C=C/C(O)C1CCCCC1. The molecule has 1 rings (SSSR count). The average Bonchev–Trinajstić information content (AvgIpc) is 2.14. The minimum atomic E-state index is -1.12. The number of hydrogen-bond donors (Lipinski definition) is 1. The number of aliphatic hydroxyl groups excluding tert-OH is 1. The normalized spacial score (nSPS) is 22.9. The maximum absolute atomic E-state index is 9.97. The van der Waals surface area contributed by atoms with Gasteiger partial charge in [0.25, 0.3) is 0 Å². The van der Waals surface area contributed by atoms with Crippen molar-refractivity contribution in [3.63, 3.8) is 0 Å². The van der Waals surface area contributed by atoms with Crippen LogP contribution >= 0.6 is 0 Å². The number of aliphatic hydroxyl groups is 1. The third-order valence-electron chi connectivity index (χ3n) is 2.93. The lowest BCUT2D eigenvalue weighted by Crippen LogP contribution is -2.23. The molecule has 0 aromatic rings.